The Hall–Kier alpha value is -2.13. The summed E-state index contributed by atoms with van der Waals surface area (Å²) in [6.07, 6.45) is 3.11. The maximum Gasteiger partial charge on any atom is 0.278 e. The molecule has 2 aliphatic rings. The molecule has 3 heterocycles. The Morgan fingerprint density at radius 2 is 2.00 bits per heavy atom. The van der Waals surface area contributed by atoms with Crippen LogP contribution in [0, 0.1) is 0 Å². The van der Waals surface area contributed by atoms with E-state index in [4.69, 9.17) is 14.0 Å². The largest absolute Gasteiger partial charge is 0.482 e. The highest BCUT2D eigenvalue weighted by molar-refractivity contribution is 9.10. The first-order chi connectivity index (χ1) is 16.4. The molecule has 11 heteroatoms. The lowest BCUT2D eigenvalue weighted by Crippen LogP contribution is -2.70. The summed E-state index contributed by atoms with van der Waals surface area (Å²) < 4.78 is 30.9. The molecule has 34 heavy (non-hydrogen) atoms. The second-order valence-corrected chi connectivity index (χ2v) is 10.7. The van der Waals surface area contributed by atoms with Crippen molar-refractivity contribution in [3.63, 3.8) is 0 Å². The predicted molar refractivity (Wildman–Crippen MR) is 133 cm³/mol. The number of rotatable bonds is 9. The fourth-order valence-corrected chi connectivity index (χ4v) is 5.76. The van der Waals surface area contributed by atoms with Gasteiger partial charge in [0, 0.05) is 32.4 Å². The summed E-state index contributed by atoms with van der Waals surface area (Å²) in [5.74, 6) is -0.316. The Kier molecular flexibility index (Phi) is 7.82. The molecule has 0 aliphatic carbocycles. The molecule has 2 aliphatic heterocycles. The summed E-state index contributed by atoms with van der Waals surface area (Å²) in [4.78, 5) is 28.7. The lowest BCUT2D eigenvalue weighted by atomic mass is 10.0. The zero-order chi connectivity index (χ0) is 24.3. The number of aromatic nitrogens is 1. The van der Waals surface area contributed by atoms with Gasteiger partial charge in [0.15, 0.2) is 25.1 Å². The van der Waals surface area contributed by atoms with E-state index in [0.717, 1.165) is 5.56 Å². The summed E-state index contributed by atoms with van der Waals surface area (Å²) in [5, 5.41) is 1.93. The maximum absolute atomic E-state index is 13.9. The second-order valence-electron chi connectivity index (χ2n) is 8.28. The number of hydrogen-bond donors (Lipinski definition) is 0. The number of nitrogens with zero attached hydrogens (tertiary/aromatic N) is 3. The van der Waals surface area contributed by atoms with Crippen LogP contribution < -0.4 is 15.2 Å². The van der Waals surface area contributed by atoms with Crippen molar-refractivity contribution in [1.82, 2.24) is 9.58 Å². The van der Waals surface area contributed by atoms with E-state index in [-0.39, 0.29) is 29.4 Å². The number of hydrogen-bond acceptors (Lipinski definition) is 7. The number of fused-ring (bicyclic) bond motifs is 1. The van der Waals surface area contributed by atoms with Crippen LogP contribution in [0.3, 0.4) is 0 Å². The molecule has 1 aromatic carbocycles. The highest BCUT2D eigenvalue weighted by Crippen LogP contribution is 2.37. The number of likely N-dealkylation sites (N-methyl/N-ethyl adjacent to an activating group) is 1. The van der Waals surface area contributed by atoms with Crippen LogP contribution in [0.1, 0.15) is 35.8 Å². The summed E-state index contributed by atoms with van der Waals surface area (Å²) in [6, 6.07) is 9.47. The summed E-state index contributed by atoms with van der Waals surface area (Å²) in [6.45, 7) is 3.56. The van der Waals surface area contributed by atoms with Crippen molar-refractivity contribution in [3.05, 3.63) is 62.5 Å². The summed E-state index contributed by atoms with van der Waals surface area (Å²) in [7, 11) is -0.270. The number of halogens is 1. The van der Waals surface area contributed by atoms with Gasteiger partial charge in [-0.1, -0.05) is 30.3 Å². The van der Waals surface area contributed by atoms with E-state index < -0.39 is 13.7 Å². The van der Waals surface area contributed by atoms with Gasteiger partial charge in [-0.05, 0) is 34.8 Å². The molecule has 1 fully saturated rings. The monoisotopic (exact) mass is 553 g/mol. The molecular weight excluding hydrogens is 525 g/mol. The van der Waals surface area contributed by atoms with Crippen molar-refractivity contribution in [1.29, 1.82) is 0 Å². The average molecular weight is 554 g/mol. The Morgan fingerprint density at radius 3 is 2.68 bits per heavy atom. The van der Waals surface area contributed by atoms with Crippen molar-refractivity contribution in [2.75, 3.05) is 44.6 Å². The third-order valence-corrected chi connectivity index (χ3v) is 8.19. The van der Waals surface area contributed by atoms with Gasteiger partial charge in [-0.3, -0.25) is 23.8 Å². The van der Waals surface area contributed by atoms with E-state index in [9.17, 15) is 14.2 Å². The van der Waals surface area contributed by atoms with Crippen LogP contribution >= 0.6 is 24.0 Å². The van der Waals surface area contributed by atoms with Crippen molar-refractivity contribution in [2.24, 2.45) is 0 Å². The van der Waals surface area contributed by atoms with Crippen LogP contribution in [0.15, 0.2) is 45.8 Å². The molecule has 1 aromatic heterocycles. The SMILES string of the molecule is CCO[PH](=O)CCCN1C(=O)c2c(OCc3ccccc3)c(=O)c(Br)cn2N(C)C12CCOC2. The number of amides is 1. The van der Waals surface area contributed by atoms with Crippen LogP contribution in [0.2, 0.25) is 0 Å². The van der Waals surface area contributed by atoms with Gasteiger partial charge in [-0.2, -0.15) is 0 Å². The maximum atomic E-state index is 13.9. The van der Waals surface area contributed by atoms with Crippen molar-refractivity contribution < 1.29 is 23.4 Å². The molecule has 0 N–H and O–H groups in total. The van der Waals surface area contributed by atoms with Crippen LogP contribution in [0.25, 0.3) is 0 Å². The highest BCUT2D eigenvalue weighted by Gasteiger charge is 2.52. The van der Waals surface area contributed by atoms with E-state index in [1.807, 2.05) is 42.4 Å². The first-order valence-corrected chi connectivity index (χ1v) is 13.6. The number of carbonyl (C=O) groups excluding carboxylic acids is 1. The number of pyridine rings is 1. The molecule has 9 nitrogen and oxygen atoms in total. The molecule has 0 bridgehead atoms. The molecule has 0 saturated carbocycles. The van der Waals surface area contributed by atoms with E-state index in [0.29, 0.717) is 49.8 Å². The minimum Gasteiger partial charge on any atom is -0.482 e. The predicted octanol–water partition coefficient (Wildman–Crippen LogP) is 3.23. The fourth-order valence-electron chi connectivity index (χ4n) is 4.47. The number of benzene rings is 1. The van der Waals surface area contributed by atoms with Crippen molar-refractivity contribution in [2.45, 2.75) is 32.0 Å². The van der Waals surface area contributed by atoms with Crippen LogP contribution in [0.4, 0.5) is 0 Å². The van der Waals surface area contributed by atoms with Gasteiger partial charge in [0.25, 0.3) is 5.91 Å². The number of ether oxygens (including phenoxy) is 2. The minimum atomic E-state index is -2.14. The molecule has 2 unspecified atom stereocenters. The lowest BCUT2D eigenvalue weighted by Gasteiger charge is -2.52. The standard InChI is InChI=1S/C23H29BrN3O6P/c1-3-33-34(30)13-7-11-26-22(29)19-21(32-15-17-8-5-4-6-9-17)20(28)18(24)14-27(19)25(2)23(26)10-12-31-16-23/h4-6,8-9,14,34H,3,7,10-13,15-16H2,1-2H3. The van der Waals surface area contributed by atoms with Gasteiger partial charge in [0.1, 0.15) is 6.61 Å². The normalized spacial score (nSPS) is 20.6. The van der Waals surface area contributed by atoms with Gasteiger partial charge in [0.2, 0.25) is 5.43 Å². The zero-order valence-electron chi connectivity index (χ0n) is 19.3. The minimum absolute atomic E-state index is 0.00302. The second kappa shape index (κ2) is 10.6. The molecule has 184 valence electrons. The first kappa shape index (κ1) is 25.0. The van der Waals surface area contributed by atoms with Gasteiger partial charge < -0.3 is 18.9 Å². The first-order valence-electron chi connectivity index (χ1n) is 11.3. The summed E-state index contributed by atoms with van der Waals surface area (Å²) in [5.41, 5.74) is -0.0437. The topological polar surface area (TPSA) is 90.3 Å². The van der Waals surface area contributed by atoms with E-state index in [2.05, 4.69) is 15.9 Å². The Morgan fingerprint density at radius 1 is 1.24 bits per heavy atom. The van der Waals surface area contributed by atoms with Crippen LogP contribution in [0.5, 0.6) is 5.75 Å². The number of carbonyl (C=O) groups is 1. The summed E-state index contributed by atoms with van der Waals surface area (Å²) >= 11 is 3.34. The van der Waals surface area contributed by atoms with Crippen molar-refractivity contribution in [3.8, 4) is 5.75 Å². The zero-order valence-corrected chi connectivity index (χ0v) is 21.9. The third-order valence-electron chi connectivity index (χ3n) is 6.25. The Labute approximate surface area is 207 Å². The molecule has 2 atom stereocenters. The van der Waals surface area contributed by atoms with E-state index >= 15 is 0 Å². The molecule has 2 aromatic rings. The molecule has 1 spiro atoms. The van der Waals surface area contributed by atoms with Gasteiger partial charge in [0.05, 0.1) is 24.3 Å². The molecule has 1 saturated heterocycles. The Bertz CT molecular complexity index is 1120. The van der Waals surface area contributed by atoms with Gasteiger partial charge >= 0.3 is 0 Å². The lowest BCUT2D eigenvalue weighted by molar-refractivity contribution is 0.0221. The quantitative estimate of drug-likeness (QED) is 0.440. The van der Waals surface area contributed by atoms with Crippen LogP contribution in [-0.2, 0) is 20.4 Å². The molecule has 4 rings (SSSR count). The molecule has 1 amide bonds. The van der Waals surface area contributed by atoms with E-state index in [1.165, 1.54) is 0 Å². The highest BCUT2D eigenvalue weighted by atomic mass is 79.9. The average Bonchev–Trinajstić information content (AvgIpc) is 3.32. The molecular formula is C23H29BrN3O6P. The fraction of sp³-hybridized carbons (Fsp3) is 0.478. The van der Waals surface area contributed by atoms with E-state index in [1.54, 1.807) is 22.7 Å². The third kappa shape index (κ3) is 4.69. The van der Waals surface area contributed by atoms with Crippen molar-refractivity contribution >= 4 is 29.9 Å². The smallest absolute Gasteiger partial charge is 0.278 e. The van der Waals surface area contributed by atoms with Gasteiger partial charge in [-0.15, -0.1) is 0 Å². The Balaban J connectivity index is 1.70. The van der Waals surface area contributed by atoms with Crippen LogP contribution in [-0.4, -0.2) is 60.7 Å². The molecule has 0 radical (unpaired) electrons. The van der Waals surface area contributed by atoms with Gasteiger partial charge in [-0.25, -0.2) is 0 Å².